The van der Waals surface area contributed by atoms with Gasteiger partial charge in [0, 0.05) is 22.8 Å². The molecule has 0 fully saturated rings. The fraction of sp³-hybridized carbons (Fsp3) is 0.222. The van der Waals surface area contributed by atoms with Crippen molar-refractivity contribution in [2.24, 2.45) is 5.92 Å². The van der Waals surface area contributed by atoms with E-state index in [9.17, 15) is 9.90 Å². The molecule has 3 heterocycles. The molecule has 2 N–H and O–H groups in total. The molecule has 0 amide bonds. The molecule has 0 bridgehead atoms. The van der Waals surface area contributed by atoms with Gasteiger partial charge in [-0.2, -0.15) is 0 Å². The highest BCUT2D eigenvalue weighted by Gasteiger charge is 2.40. The van der Waals surface area contributed by atoms with Gasteiger partial charge in [-0.3, -0.25) is 9.55 Å². The molecule has 1 aliphatic heterocycles. The smallest absolute Gasteiger partial charge is 0.356 e. The topological polar surface area (TPSA) is 89.3 Å². The van der Waals surface area contributed by atoms with Crippen LogP contribution in [0.5, 0.6) is 5.75 Å². The molecule has 36 heavy (non-hydrogen) atoms. The summed E-state index contributed by atoms with van der Waals surface area (Å²) in [7, 11) is 1.58. The molecule has 2 atom stereocenters. The minimum atomic E-state index is -1.12. The van der Waals surface area contributed by atoms with Crippen molar-refractivity contribution < 1.29 is 14.6 Å². The number of imidazole rings is 1. The quantitative estimate of drug-likeness (QED) is 0.387. The van der Waals surface area contributed by atoms with Crippen molar-refractivity contribution in [2.45, 2.75) is 26.8 Å². The number of ether oxygens (including phenoxy) is 1. The lowest BCUT2D eigenvalue weighted by Crippen LogP contribution is -2.29. The molecule has 2 aromatic heterocycles. The molecule has 1 aliphatic carbocycles. The van der Waals surface area contributed by atoms with Crippen LogP contribution in [0.25, 0.3) is 17.1 Å². The maximum Gasteiger partial charge on any atom is 0.356 e. The molecule has 3 aromatic rings. The largest absolute Gasteiger partial charge is 0.496 e. The van der Waals surface area contributed by atoms with Crippen LogP contribution in [0.3, 0.4) is 0 Å². The van der Waals surface area contributed by atoms with Crippen molar-refractivity contribution in [1.82, 2.24) is 14.5 Å². The molecule has 0 saturated heterocycles. The van der Waals surface area contributed by atoms with E-state index >= 15 is 0 Å². The number of halogens is 2. The van der Waals surface area contributed by atoms with Crippen molar-refractivity contribution in [2.75, 3.05) is 12.4 Å². The van der Waals surface area contributed by atoms with Crippen molar-refractivity contribution >= 4 is 40.6 Å². The van der Waals surface area contributed by atoms with Gasteiger partial charge in [-0.1, -0.05) is 48.3 Å². The van der Waals surface area contributed by atoms with Gasteiger partial charge in [-0.05, 0) is 49.3 Å². The van der Waals surface area contributed by atoms with Gasteiger partial charge in [0.2, 0.25) is 0 Å². The van der Waals surface area contributed by atoms with E-state index in [1.807, 2.05) is 61.8 Å². The van der Waals surface area contributed by atoms with E-state index in [1.54, 1.807) is 19.4 Å². The highest BCUT2D eigenvalue weighted by atomic mass is 35.5. The fourth-order valence-corrected chi connectivity index (χ4v) is 5.32. The lowest BCUT2D eigenvalue weighted by Gasteiger charge is -2.37. The minimum absolute atomic E-state index is 0.0475. The van der Waals surface area contributed by atoms with E-state index in [1.165, 1.54) is 0 Å². The number of hydrogen-bond donors (Lipinski definition) is 2. The van der Waals surface area contributed by atoms with Crippen LogP contribution in [0.2, 0.25) is 5.02 Å². The van der Waals surface area contributed by atoms with Crippen LogP contribution in [-0.2, 0) is 0 Å². The maximum absolute atomic E-state index is 12.5. The maximum atomic E-state index is 12.5. The van der Waals surface area contributed by atoms with E-state index in [0.717, 1.165) is 22.5 Å². The Morgan fingerprint density at radius 3 is 2.67 bits per heavy atom. The number of benzene rings is 1. The average Bonchev–Trinajstić information content (AvgIpc) is 3.26. The number of carboxylic acids is 1. The van der Waals surface area contributed by atoms with Gasteiger partial charge in [-0.25, -0.2) is 9.78 Å². The second-order valence-electron chi connectivity index (χ2n) is 8.77. The molecular weight excluding hydrogens is 499 g/mol. The Labute approximate surface area is 218 Å². The Morgan fingerprint density at radius 1 is 1.19 bits per heavy atom. The summed E-state index contributed by atoms with van der Waals surface area (Å²) in [6.07, 6.45) is 5.39. The van der Waals surface area contributed by atoms with E-state index in [4.69, 9.17) is 27.9 Å². The number of anilines is 1. The predicted octanol–water partition coefficient (Wildman–Crippen LogP) is 6.71. The number of nitrogens with zero attached hydrogens (tertiary/aromatic N) is 3. The zero-order valence-corrected chi connectivity index (χ0v) is 21.6. The Morgan fingerprint density at radius 2 is 1.94 bits per heavy atom. The number of aromatic carboxylic acids is 1. The second kappa shape index (κ2) is 9.15. The van der Waals surface area contributed by atoms with E-state index in [2.05, 4.69) is 15.3 Å². The summed E-state index contributed by atoms with van der Waals surface area (Å²) < 4.78 is 7.50. The Bertz CT molecular complexity index is 1500. The van der Waals surface area contributed by atoms with Crippen LogP contribution in [0.15, 0.2) is 64.9 Å². The number of rotatable bonds is 5. The third-order valence-corrected chi connectivity index (χ3v) is 7.37. The van der Waals surface area contributed by atoms with Crippen molar-refractivity contribution in [3.8, 4) is 17.1 Å². The number of aromatic nitrogens is 3. The van der Waals surface area contributed by atoms with Gasteiger partial charge in [0.15, 0.2) is 5.69 Å². The summed E-state index contributed by atoms with van der Waals surface area (Å²) in [6.45, 7) is 5.87. The Hall–Kier alpha value is -3.55. The number of aryl methyl sites for hydroxylation is 1. The lowest BCUT2D eigenvalue weighted by atomic mass is 9.80. The van der Waals surface area contributed by atoms with Crippen molar-refractivity contribution in [1.29, 1.82) is 0 Å². The molecule has 0 saturated carbocycles. The first-order chi connectivity index (χ1) is 17.2. The Balaban J connectivity index is 1.84. The van der Waals surface area contributed by atoms with Gasteiger partial charge < -0.3 is 15.2 Å². The summed E-state index contributed by atoms with van der Waals surface area (Å²) in [4.78, 5) is 21.5. The minimum Gasteiger partial charge on any atom is -0.496 e. The number of para-hydroxylation sites is 1. The summed E-state index contributed by atoms with van der Waals surface area (Å²) in [5.74, 6) is -0.143. The number of carboxylic acid groups (broad SMARTS) is 1. The first kappa shape index (κ1) is 24.2. The first-order valence-corrected chi connectivity index (χ1v) is 12.1. The fourth-order valence-electron chi connectivity index (χ4n) is 4.99. The SMILES string of the molecule is COc1ccccc1-c1nc(C(=O)O)c2n1C(C)=C1C(=CC=C(Cl)C1C)C2Nc1cc(Cl)cnc1C. The molecule has 1 aromatic carbocycles. The van der Waals surface area contributed by atoms with E-state index < -0.39 is 12.0 Å². The van der Waals surface area contributed by atoms with Crippen LogP contribution >= 0.6 is 23.2 Å². The predicted molar refractivity (Wildman–Crippen MR) is 142 cm³/mol. The van der Waals surface area contributed by atoms with E-state index in [0.29, 0.717) is 38.6 Å². The molecule has 2 aliphatic rings. The van der Waals surface area contributed by atoms with Gasteiger partial charge in [0.1, 0.15) is 11.6 Å². The molecule has 0 spiro atoms. The van der Waals surface area contributed by atoms with Crippen LogP contribution in [0.4, 0.5) is 5.69 Å². The normalized spacial score (nSPS) is 18.7. The molecule has 2 unspecified atom stereocenters. The number of hydrogen-bond acceptors (Lipinski definition) is 5. The molecule has 0 radical (unpaired) electrons. The van der Waals surface area contributed by atoms with Crippen LogP contribution in [-0.4, -0.2) is 32.7 Å². The van der Waals surface area contributed by atoms with Crippen LogP contribution in [0.1, 0.15) is 41.8 Å². The standard InChI is InChI=1S/C27H24Cl2N4O3/c1-13-19(29)10-9-18-22(13)15(3)33-25(23(18)31-20-11-16(28)12-30-14(20)2)24(27(34)35)32-26(33)17-7-5-6-8-21(17)36-4/h5-13,23,31H,1-4H3,(H,34,35). The summed E-state index contributed by atoms with van der Waals surface area (Å²) >= 11 is 12.8. The monoisotopic (exact) mass is 522 g/mol. The number of pyridine rings is 1. The number of nitrogens with one attached hydrogen (secondary N) is 1. The number of fused-ring (bicyclic) bond motifs is 2. The number of carbonyl (C=O) groups is 1. The van der Waals surface area contributed by atoms with Gasteiger partial charge >= 0.3 is 5.97 Å². The molecular formula is C27H24Cl2N4O3. The highest BCUT2D eigenvalue weighted by molar-refractivity contribution is 6.31. The Kier molecular flexibility index (Phi) is 6.14. The zero-order chi connectivity index (χ0) is 25.7. The average molecular weight is 523 g/mol. The first-order valence-electron chi connectivity index (χ1n) is 11.4. The van der Waals surface area contributed by atoms with Crippen molar-refractivity contribution in [3.63, 3.8) is 0 Å². The summed E-state index contributed by atoms with van der Waals surface area (Å²) in [5.41, 5.74) is 5.36. The second-order valence-corrected chi connectivity index (χ2v) is 9.64. The van der Waals surface area contributed by atoms with E-state index in [-0.39, 0.29) is 11.6 Å². The van der Waals surface area contributed by atoms with Gasteiger partial charge in [0.05, 0.1) is 40.8 Å². The highest BCUT2D eigenvalue weighted by Crippen LogP contribution is 2.49. The summed E-state index contributed by atoms with van der Waals surface area (Å²) in [5, 5.41) is 14.9. The zero-order valence-electron chi connectivity index (χ0n) is 20.1. The molecule has 5 rings (SSSR count). The third-order valence-electron chi connectivity index (χ3n) is 6.71. The van der Waals surface area contributed by atoms with Crippen molar-refractivity contribution in [3.05, 3.63) is 87.0 Å². The lowest BCUT2D eigenvalue weighted by molar-refractivity contribution is 0.0689. The van der Waals surface area contributed by atoms with Gasteiger partial charge in [0.25, 0.3) is 0 Å². The van der Waals surface area contributed by atoms with Gasteiger partial charge in [-0.15, -0.1) is 0 Å². The number of methoxy groups -OCH3 is 1. The molecule has 9 heteroatoms. The third kappa shape index (κ3) is 3.79. The van der Waals surface area contributed by atoms with Crippen LogP contribution in [0, 0.1) is 12.8 Å². The number of allylic oxidation sites excluding steroid dienone is 4. The molecule has 184 valence electrons. The molecule has 7 nitrogen and oxygen atoms in total. The summed E-state index contributed by atoms with van der Waals surface area (Å²) in [6, 6.07) is 8.66. The van der Waals surface area contributed by atoms with Crippen LogP contribution < -0.4 is 10.1 Å².